The molecule has 0 amide bonds. The lowest BCUT2D eigenvalue weighted by atomic mass is 10.1. The molecule has 0 unspecified atom stereocenters. The second-order valence-corrected chi connectivity index (χ2v) is 5.09. The minimum Gasteiger partial charge on any atom is -0.497 e. The van der Waals surface area contributed by atoms with Gasteiger partial charge < -0.3 is 4.74 Å². The standard InChI is InChI=1S/C15H14OS/c1-16-14-4-2-11(3-5-14)8-13-9-15(13)12-6-7-17-10-12/h2-8,10,15H,9H2,1H3/b13-8-/t15-/m0/s1. The number of thiophene rings is 1. The van der Waals surface area contributed by atoms with Gasteiger partial charge in [0.05, 0.1) is 7.11 Å². The third-order valence-electron chi connectivity index (χ3n) is 3.14. The van der Waals surface area contributed by atoms with Crippen LogP contribution < -0.4 is 4.74 Å². The molecule has 0 bridgehead atoms. The van der Waals surface area contributed by atoms with Crippen LogP contribution in [0.25, 0.3) is 6.08 Å². The van der Waals surface area contributed by atoms with Crippen molar-refractivity contribution < 1.29 is 4.74 Å². The van der Waals surface area contributed by atoms with Crippen LogP contribution in [0.1, 0.15) is 23.5 Å². The van der Waals surface area contributed by atoms with Crippen LogP contribution in [0.5, 0.6) is 5.75 Å². The summed E-state index contributed by atoms with van der Waals surface area (Å²) in [4.78, 5) is 0. The molecule has 1 saturated carbocycles. The lowest BCUT2D eigenvalue weighted by Gasteiger charge is -1.98. The molecule has 0 N–H and O–H groups in total. The van der Waals surface area contributed by atoms with E-state index in [1.165, 1.54) is 23.1 Å². The maximum atomic E-state index is 5.15. The van der Waals surface area contributed by atoms with Crippen LogP contribution in [0, 0.1) is 0 Å². The second kappa shape index (κ2) is 4.38. The normalized spacial score (nSPS) is 20.5. The Morgan fingerprint density at radius 1 is 1.24 bits per heavy atom. The summed E-state index contributed by atoms with van der Waals surface area (Å²) in [5.41, 5.74) is 4.27. The van der Waals surface area contributed by atoms with E-state index in [0.29, 0.717) is 5.92 Å². The van der Waals surface area contributed by atoms with E-state index in [1.807, 2.05) is 12.1 Å². The molecule has 0 spiro atoms. The van der Waals surface area contributed by atoms with E-state index in [-0.39, 0.29) is 0 Å². The summed E-state index contributed by atoms with van der Waals surface area (Å²) < 4.78 is 5.15. The molecule has 1 aliphatic rings. The fourth-order valence-electron chi connectivity index (χ4n) is 2.06. The Bertz CT molecular complexity index is 523. The van der Waals surface area contributed by atoms with Crippen molar-refractivity contribution >= 4 is 17.4 Å². The van der Waals surface area contributed by atoms with Crippen molar-refractivity contribution in [1.82, 2.24) is 0 Å². The zero-order valence-electron chi connectivity index (χ0n) is 9.72. The van der Waals surface area contributed by atoms with Gasteiger partial charge in [-0.2, -0.15) is 11.3 Å². The molecule has 0 saturated heterocycles. The maximum Gasteiger partial charge on any atom is 0.118 e. The van der Waals surface area contributed by atoms with Gasteiger partial charge in [0, 0.05) is 5.92 Å². The molecule has 2 heteroatoms. The Morgan fingerprint density at radius 3 is 2.71 bits per heavy atom. The molecule has 2 aromatic rings. The van der Waals surface area contributed by atoms with Gasteiger partial charge in [0.25, 0.3) is 0 Å². The maximum absolute atomic E-state index is 5.15. The molecule has 17 heavy (non-hydrogen) atoms. The van der Waals surface area contributed by atoms with Crippen molar-refractivity contribution in [3.63, 3.8) is 0 Å². The summed E-state index contributed by atoms with van der Waals surface area (Å²) >= 11 is 1.78. The average molecular weight is 242 g/mol. The van der Waals surface area contributed by atoms with Crippen molar-refractivity contribution in [1.29, 1.82) is 0 Å². The summed E-state index contributed by atoms with van der Waals surface area (Å²) in [6.45, 7) is 0. The van der Waals surface area contributed by atoms with Gasteiger partial charge in [0.1, 0.15) is 5.75 Å². The first kappa shape index (κ1) is 10.6. The van der Waals surface area contributed by atoms with Crippen molar-refractivity contribution in [3.8, 4) is 5.75 Å². The van der Waals surface area contributed by atoms with E-state index in [0.717, 1.165) is 5.75 Å². The number of rotatable bonds is 3. The van der Waals surface area contributed by atoms with Gasteiger partial charge in [-0.25, -0.2) is 0 Å². The van der Waals surface area contributed by atoms with Crippen LogP contribution in [0.15, 0.2) is 46.7 Å². The SMILES string of the molecule is COc1ccc(/C=C2/C[C@H]2c2ccsc2)cc1. The molecule has 0 radical (unpaired) electrons. The summed E-state index contributed by atoms with van der Waals surface area (Å²) in [5.74, 6) is 1.58. The molecular weight excluding hydrogens is 228 g/mol. The van der Waals surface area contributed by atoms with E-state index in [2.05, 4.69) is 35.0 Å². The van der Waals surface area contributed by atoms with Crippen LogP contribution in [-0.4, -0.2) is 7.11 Å². The van der Waals surface area contributed by atoms with Gasteiger partial charge in [-0.1, -0.05) is 23.8 Å². The van der Waals surface area contributed by atoms with Gasteiger partial charge in [-0.3, -0.25) is 0 Å². The Labute approximate surface area is 105 Å². The summed E-state index contributed by atoms with van der Waals surface area (Å²) in [7, 11) is 1.70. The first-order chi connectivity index (χ1) is 8.36. The predicted molar refractivity (Wildman–Crippen MR) is 72.6 cm³/mol. The lowest BCUT2D eigenvalue weighted by molar-refractivity contribution is 0.415. The van der Waals surface area contributed by atoms with E-state index in [9.17, 15) is 0 Å². The lowest BCUT2D eigenvalue weighted by Crippen LogP contribution is -1.81. The van der Waals surface area contributed by atoms with Crippen LogP contribution in [0.2, 0.25) is 0 Å². The number of benzene rings is 1. The quantitative estimate of drug-likeness (QED) is 0.778. The highest BCUT2D eigenvalue weighted by molar-refractivity contribution is 7.08. The fourth-order valence-corrected chi connectivity index (χ4v) is 2.77. The Morgan fingerprint density at radius 2 is 2.06 bits per heavy atom. The van der Waals surface area contributed by atoms with Gasteiger partial charge >= 0.3 is 0 Å². The summed E-state index contributed by atoms with van der Waals surface area (Å²) in [6, 6.07) is 10.5. The summed E-state index contributed by atoms with van der Waals surface area (Å²) in [6.07, 6.45) is 3.50. The number of methoxy groups -OCH3 is 1. The number of ether oxygens (including phenoxy) is 1. The second-order valence-electron chi connectivity index (χ2n) is 4.31. The Hall–Kier alpha value is -1.54. The highest BCUT2D eigenvalue weighted by Crippen LogP contribution is 2.48. The van der Waals surface area contributed by atoms with Crippen molar-refractivity contribution in [2.24, 2.45) is 0 Å². The topological polar surface area (TPSA) is 9.23 Å². The van der Waals surface area contributed by atoms with Crippen LogP contribution in [0.4, 0.5) is 0 Å². The first-order valence-corrected chi connectivity index (χ1v) is 6.68. The Balaban J connectivity index is 1.75. The highest BCUT2D eigenvalue weighted by Gasteiger charge is 2.31. The van der Waals surface area contributed by atoms with E-state index >= 15 is 0 Å². The van der Waals surface area contributed by atoms with E-state index in [1.54, 1.807) is 18.4 Å². The van der Waals surface area contributed by atoms with Gasteiger partial charge in [0.15, 0.2) is 0 Å². The molecule has 1 atom stereocenters. The third kappa shape index (κ3) is 2.27. The molecule has 0 aliphatic heterocycles. The van der Waals surface area contributed by atoms with Gasteiger partial charge in [0.2, 0.25) is 0 Å². The average Bonchev–Trinajstić information content (AvgIpc) is 2.92. The molecule has 1 fully saturated rings. The minimum atomic E-state index is 0.670. The number of hydrogen-bond donors (Lipinski definition) is 0. The van der Waals surface area contributed by atoms with Crippen molar-refractivity contribution in [2.45, 2.75) is 12.3 Å². The first-order valence-electron chi connectivity index (χ1n) is 5.73. The molecular formula is C15H14OS. The highest BCUT2D eigenvalue weighted by atomic mass is 32.1. The van der Waals surface area contributed by atoms with Gasteiger partial charge in [-0.05, 0) is 46.5 Å². The molecule has 1 heterocycles. The molecule has 3 rings (SSSR count). The van der Waals surface area contributed by atoms with Crippen molar-refractivity contribution in [3.05, 3.63) is 57.8 Å². The van der Waals surface area contributed by atoms with Crippen molar-refractivity contribution in [2.75, 3.05) is 7.11 Å². The summed E-state index contributed by atoms with van der Waals surface area (Å²) in [5, 5.41) is 4.40. The van der Waals surface area contributed by atoms with Crippen LogP contribution >= 0.6 is 11.3 Å². The zero-order chi connectivity index (χ0) is 11.7. The van der Waals surface area contributed by atoms with Crippen LogP contribution in [-0.2, 0) is 0 Å². The predicted octanol–water partition coefficient (Wildman–Crippen LogP) is 4.33. The fraction of sp³-hybridized carbons (Fsp3) is 0.200. The molecule has 1 aromatic heterocycles. The monoisotopic (exact) mass is 242 g/mol. The van der Waals surface area contributed by atoms with E-state index < -0.39 is 0 Å². The van der Waals surface area contributed by atoms with Gasteiger partial charge in [-0.15, -0.1) is 0 Å². The number of allylic oxidation sites excluding steroid dienone is 1. The molecule has 1 nitrogen and oxygen atoms in total. The van der Waals surface area contributed by atoms with E-state index in [4.69, 9.17) is 4.74 Å². The smallest absolute Gasteiger partial charge is 0.118 e. The molecule has 86 valence electrons. The number of hydrogen-bond acceptors (Lipinski definition) is 2. The zero-order valence-corrected chi connectivity index (χ0v) is 10.5. The largest absolute Gasteiger partial charge is 0.497 e. The molecule has 1 aliphatic carbocycles. The molecule has 1 aromatic carbocycles. The Kier molecular flexibility index (Phi) is 2.73. The minimum absolute atomic E-state index is 0.670. The van der Waals surface area contributed by atoms with Crippen LogP contribution in [0.3, 0.4) is 0 Å². The third-order valence-corrected chi connectivity index (χ3v) is 3.84.